The Balaban J connectivity index is 1.39. The van der Waals surface area contributed by atoms with E-state index in [1.807, 2.05) is 16.7 Å². The van der Waals surface area contributed by atoms with Gasteiger partial charge in [-0.2, -0.15) is 5.10 Å². The van der Waals surface area contributed by atoms with Crippen LogP contribution in [0.4, 0.5) is 4.79 Å². The van der Waals surface area contributed by atoms with Crippen molar-refractivity contribution in [2.45, 2.75) is 39.8 Å². The second kappa shape index (κ2) is 9.36. The zero-order chi connectivity index (χ0) is 20.1. The van der Waals surface area contributed by atoms with E-state index in [9.17, 15) is 9.59 Å². The van der Waals surface area contributed by atoms with Crippen LogP contribution in [-0.4, -0.2) is 93.3 Å². The van der Waals surface area contributed by atoms with Crippen molar-refractivity contribution >= 4 is 11.9 Å². The summed E-state index contributed by atoms with van der Waals surface area (Å²) in [6, 6.07) is -0.0887. The molecule has 0 unspecified atom stereocenters. The van der Waals surface area contributed by atoms with Crippen molar-refractivity contribution in [3.05, 3.63) is 12.7 Å². The first-order valence-corrected chi connectivity index (χ1v) is 10.3. The molecule has 2 aliphatic rings. The average molecular weight is 392 g/mol. The van der Waals surface area contributed by atoms with Gasteiger partial charge in [0.2, 0.25) is 5.91 Å². The van der Waals surface area contributed by atoms with Crippen LogP contribution in [0.2, 0.25) is 0 Å². The van der Waals surface area contributed by atoms with Crippen LogP contribution in [0, 0.1) is 11.8 Å². The van der Waals surface area contributed by atoms with Crippen LogP contribution < -0.4 is 5.32 Å². The highest BCUT2D eigenvalue weighted by Gasteiger charge is 2.28. The Morgan fingerprint density at radius 3 is 2.39 bits per heavy atom. The van der Waals surface area contributed by atoms with E-state index in [0.717, 1.165) is 26.2 Å². The van der Waals surface area contributed by atoms with E-state index in [4.69, 9.17) is 0 Å². The Morgan fingerprint density at radius 1 is 1.11 bits per heavy atom. The minimum Gasteiger partial charge on any atom is -0.341 e. The molecule has 2 aliphatic heterocycles. The molecule has 28 heavy (non-hydrogen) atoms. The molecule has 1 aromatic heterocycles. The lowest BCUT2D eigenvalue weighted by Crippen LogP contribution is -2.55. The Kier molecular flexibility index (Phi) is 6.88. The summed E-state index contributed by atoms with van der Waals surface area (Å²) in [5.41, 5.74) is 0. The van der Waals surface area contributed by atoms with Gasteiger partial charge >= 0.3 is 6.03 Å². The number of rotatable bonds is 5. The standard InChI is InChI=1S/C19H33N7O2/c1-15-8-16(2)10-25(9-15)18(27)12-23-4-6-24(7-5-23)19(28)22-17(3)11-26-14-20-13-21-26/h13-17H,4-12H2,1-3H3,(H,22,28)/t15-,16-,17-/m1/s1. The minimum atomic E-state index is -0.0581. The summed E-state index contributed by atoms with van der Waals surface area (Å²) in [4.78, 5) is 35.0. The maximum Gasteiger partial charge on any atom is 0.317 e. The Hall–Kier alpha value is -2.16. The number of nitrogens with one attached hydrogen (secondary N) is 1. The Bertz CT molecular complexity index is 633. The number of likely N-dealkylation sites (tertiary alicyclic amines) is 1. The van der Waals surface area contributed by atoms with Gasteiger partial charge in [0.05, 0.1) is 13.1 Å². The third-order valence-electron chi connectivity index (χ3n) is 5.54. The van der Waals surface area contributed by atoms with Gasteiger partial charge in [-0.15, -0.1) is 0 Å². The zero-order valence-electron chi connectivity index (χ0n) is 17.3. The molecule has 0 aromatic carbocycles. The van der Waals surface area contributed by atoms with Gasteiger partial charge in [-0.3, -0.25) is 14.4 Å². The van der Waals surface area contributed by atoms with E-state index in [1.165, 1.54) is 12.7 Å². The van der Waals surface area contributed by atoms with Crippen molar-refractivity contribution in [2.75, 3.05) is 45.8 Å². The van der Waals surface area contributed by atoms with Crippen LogP contribution in [0.1, 0.15) is 27.2 Å². The molecule has 0 spiro atoms. The second-order valence-corrected chi connectivity index (χ2v) is 8.48. The van der Waals surface area contributed by atoms with E-state index in [0.29, 0.717) is 38.0 Å². The molecular weight excluding hydrogens is 358 g/mol. The molecule has 9 heteroatoms. The van der Waals surface area contributed by atoms with Gasteiger partial charge in [0.1, 0.15) is 12.7 Å². The third kappa shape index (κ3) is 5.67. The maximum absolute atomic E-state index is 12.6. The van der Waals surface area contributed by atoms with Crippen LogP contribution in [0.25, 0.3) is 0 Å². The van der Waals surface area contributed by atoms with E-state index in [2.05, 4.69) is 34.1 Å². The topological polar surface area (TPSA) is 86.6 Å². The van der Waals surface area contributed by atoms with Crippen LogP contribution in [0.3, 0.4) is 0 Å². The van der Waals surface area contributed by atoms with Gasteiger partial charge in [0, 0.05) is 45.3 Å². The number of nitrogens with zero attached hydrogens (tertiary/aromatic N) is 6. The first-order valence-electron chi connectivity index (χ1n) is 10.3. The molecule has 0 bridgehead atoms. The molecule has 0 saturated carbocycles. The van der Waals surface area contributed by atoms with Crippen molar-refractivity contribution in [1.29, 1.82) is 0 Å². The number of hydrogen-bond acceptors (Lipinski definition) is 5. The van der Waals surface area contributed by atoms with Gasteiger partial charge in [0.25, 0.3) is 0 Å². The molecule has 1 aromatic rings. The van der Waals surface area contributed by atoms with Gasteiger partial charge in [-0.1, -0.05) is 13.8 Å². The van der Waals surface area contributed by atoms with Crippen molar-refractivity contribution < 1.29 is 9.59 Å². The number of piperazine rings is 1. The predicted octanol–water partition coefficient (Wildman–Crippen LogP) is 0.498. The molecule has 0 aliphatic carbocycles. The van der Waals surface area contributed by atoms with E-state index < -0.39 is 0 Å². The quantitative estimate of drug-likeness (QED) is 0.790. The third-order valence-corrected chi connectivity index (χ3v) is 5.54. The van der Waals surface area contributed by atoms with Gasteiger partial charge in [-0.25, -0.2) is 9.78 Å². The second-order valence-electron chi connectivity index (χ2n) is 8.48. The monoisotopic (exact) mass is 391 g/mol. The molecular formula is C19H33N7O2. The fourth-order valence-electron chi connectivity index (χ4n) is 4.22. The lowest BCUT2D eigenvalue weighted by atomic mass is 9.92. The number of carbonyl (C=O) groups is 2. The SMILES string of the molecule is C[C@@H]1C[C@@H](C)CN(C(=O)CN2CCN(C(=O)N[C@H](C)Cn3cncn3)CC2)C1. The number of hydrogen-bond donors (Lipinski definition) is 1. The maximum atomic E-state index is 12.6. The van der Waals surface area contributed by atoms with Crippen molar-refractivity contribution in [3.63, 3.8) is 0 Å². The van der Waals surface area contributed by atoms with Crippen molar-refractivity contribution in [3.8, 4) is 0 Å². The van der Waals surface area contributed by atoms with Crippen LogP contribution >= 0.6 is 0 Å². The normalized spacial score (nSPS) is 24.8. The summed E-state index contributed by atoms with van der Waals surface area (Å²) in [7, 11) is 0. The van der Waals surface area contributed by atoms with Crippen LogP contribution in [-0.2, 0) is 11.3 Å². The zero-order valence-corrected chi connectivity index (χ0v) is 17.3. The lowest BCUT2D eigenvalue weighted by Gasteiger charge is -2.38. The van der Waals surface area contributed by atoms with Crippen LogP contribution in [0.5, 0.6) is 0 Å². The lowest BCUT2D eigenvalue weighted by molar-refractivity contribution is -0.135. The summed E-state index contributed by atoms with van der Waals surface area (Å²) in [5.74, 6) is 1.37. The molecule has 0 radical (unpaired) electrons. The van der Waals surface area contributed by atoms with Crippen molar-refractivity contribution in [1.82, 2.24) is 34.8 Å². The van der Waals surface area contributed by atoms with Gasteiger partial charge < -0.3 is 15.1 Å². The Morgan fingerprint density at radius 2 is 1.79 bits per heavy atom. The van der Waals surface area contributed by atoms with E-state index >= 15 is 0 Å². The number of piperidine rings is 1. The summed E-state index contributed by atoms with van der Waals surface area (Å²) in [6.07, 6.45) is 4.33. The first kappa shape index (κ1) is 20.6. The highest BCUT2D eigenvalue weighted by atomic mass is 16.2. The number of amides is 3. The molecule has 3 rings (SSSR count). The Labute approximate surface area is 167 Å². The van der Waals surface area contributed by atoms with E-state index in [1.54, 1.807) is 11.0 Å². The summed E-state index contributed by atoms with van der Waals surface area (Å²) >= 11 is 0. The molecule has 156 valence electrons. The molecule has 1 N–H and O–H groups in total. The number of carbonyl (C=O) groups excluding carboxylic acids is 2. The van der Waals surface area contributed by atoms with Gasteiger partial charge in [-0.05, 0) is 25.2 Å². The largest absolute Gasteiger partial charge is 0.341 e. The molecule has 2 saturated heterocycles. The summed E-state index contributed by atoms with van der Waals surface area (Å²) in [5, 5.41) is 7.07. The van der Waals surface area contributed by atoms with Crippen molar-refractivity contribution in [2.24, 2.45) is 11.8 Å². The summed E-state index contributed by atoms with van der Waals surface area (Å²) < 4.78 is 1.71. The number of aromatic nitrogens is 3. The fraction of sp³-hybridized carbons (Fsp3) is 0.789. The van der Waals surface area contributed by atoms with Gasteiger partial charge in [0.15, 0.2) is 0 Å². The average Bonchev–Trinajstić information content (AvgIpc) is 3.14. The first-order chi connectivity index (χ1) is 13.4. The molecule has 9 nitrogen and oxygen atoms in total. The highest BCUT2D eigenvalue weighted by Crippen LogP contribution is 2.21. The van der Waals surface area contributed by atoms with Crippen LogP contribution in [0.15, 0.2) is 12.7 Å². The summed E-state index contributed by atoms with van der Waals surface area (Å²) in [6.45, 7) is 11.9. The molecule has 3 heterocycles. The molecule has 3 atom stereocenters. The minimum absolute atomic E-state index is 0.0307. The highest BCUT2D eigenvalue weighted by molar-refractivity contribution is 5.78. The molecule has 2 fully saturated rings. The van der Waals surface area contributed by atoms with E-state index in [-0.39, 0.29) is 18.0 Å². The number of urea groups is 1. The fourth-order valence-corrected chi connectivity index (χ4v) is 4.22. The molecule has 3 amide bonds. The smallest absolute Gasteiger partial charge is 0.317 e. The predicted molar refractivity (Wildman–Crippen MR) is 106 cm³/mol.